The molecule has 148 valence electrons. The number of fused-ring (bicyclic) bond motifs is 1. The third-order valence-electron chi connectivity index (χ3n) is 4.78. The van der Waals surface area contributed by atoms with Crippen molar-refractivity contribution in [3.8, 4) is 11.4 Å². The van der Waals surface area contributed by atoms with Gasteiger partial charge in [0.2, 0.25) is 11.7 Å². The minimum Gasteiger partial charge on any atom is -0.340 e. The number of hydrogen-bond acceptors (Lipinski definition) is 6. The third kappa shape index (κ3) is 3.49. The van der Waals surface area contributed by atoms with E-state index in [0.717, 1.165) is 27.9 Å². The number of benzene rings is 1. The van der Waals surface area contributed by atoms with Crippen molar-refractivity contribution in [1.82, 2.24) is 30.2 Å². The zero-order valence-electron chi connectivity index (χ0n) is 17.0. The van der Waals surface area contributed by atoms with E-state index < -0.39 is 6.04 Å². The largest absolute Gasteiger partial charge is 0.340 e. The van der Waals surface area contributed by atoms with Crippen molar-refractivity contribution in [3.63, 3.8) is 0 Å². The molecule has 1 aromatic carbocycles. The maximum absolute atomic E-state index is 13.0. The molecule has 8 heteroatoms. The van der Waals surface area contributed by atoms with E-state index in [1.807, 2.05) is 59.0 Å². The van der Waals surface area contributed by atoms with Crippen molar-refractivity contribution >= 4 is 16.9 Å². The number of nitrogens with zero attached hydrogens (tertiary/aromatic N) is 5. The van der Waals surface area contributed by atoms with Crippen LogP contribution in [0.5, 0.6) is 0 Å². The van der Waals surface area contributed by atoms with E-state index >= 15 is 0 Å². The lowest BCUT2D eigenvalue weighted by atomic mass is 10.1. The fourth-order valence-corrected chi connectivity index (χ4v) is 3.40. The van der Waals surface area contributed by atoms with E-state index in [1.54, 1.807) is 10.7 Å². The summed E-state index contributed by atoms with van der Waals surface area (Å²) in [5.41, 5.74) is 4.70. The van der Waals surface area contributed by atoms with Gasteiger partial charge in [-0.05, 0) is 39.8 Å². The van der Waals surface area contributed by atoms with Gasteiger partial charge in [-0.3, -0.25) is 9.48 Å². The Bertz CT molecular complexity index is 1220. The van der Waals surface area contributed by atoms with Crippen molar-refractivity contribution in [2.45, 2.75) is 33.7 Å². The highest BCUT2D eigenvalue weighted by atomic mass is 16.5. The van der Waals surface area contributed by atoms with Crippen molar-refractivity contribution < 1.29 is 9.32 Å². The van der Waals surface area contributed by atoms with Crippen LogP contribution in [0.2, 0.25) is 0 Å². The summed E-state index contributed by atoms with van der Waals surface area (Å²) in [4.78, 5) is 22.0. The van der Waals surface area contributed by atoms with E-state index in [9.17, 15) is 4.79 Å². The molecule has 1 atom stereocenters. The molecule has 0 saturated heterocycles. The summed E-state index contributed by atoms with van der Waals surface area (Å²) in [5, 5.41) is 12.1. The summed E-state index contributed by atoms with van der Waals surface area (Å²) in [5.74, 6) is 0.606. The molecule has 1 N–H and O–H groups in total. The molecular formula is C21H22N6O2. The Balaban J connectivity index is 1.60. The Morgan fingerprint density at radius 1 is 1.17 bits per heavy atom. The molecule has 0 fully saturated rings. The quantitative estimate of drug-likeness (QED) is 0.573. The van der Waals surface area contributed by atoms with Crippen LogP contribution in [0.1, 0.15) is 46.2 Å². The third-order valence-corrected chi connectivity index (χ3v) is 4.78. The summed E-state index contributed by atoms with van der Waals surface area (Å²) < 4.78 is 7.08. The van der Waals surface area contributed by atoms with Crippen LogP contribution < -0.4 is 5.32 Å². The van der Waals surface area contributed by atoms with E-state index in [2.05, 4.69) is 25.5 Å². The Hall–Kier alpha value is -3.55. The molecule has 0 spiro atoms. The highest BCUT2D eigenvalue weighted by molar-refractivity contribution is 6.06. The van der Waals surface area contributed by atoms with Gasteiger partial charge in [0.15, 0.2) is 5.65 Å². The molecule has 3 aromatic heterocycles. The van der Waals surface area contributed by atoms with Gasteiger partial charge in [-0.25, -0.2) is 4.98 Å². The van der Waals surface area contributed by atoms with Crippen LogP contribution in [0.25, 0.3) is 22.4 Å². The van der Waals surface area contributed by atoms with Crippen molar-refractivity contribution in [3.05, 3.63) is 58.7 Å². The molecule has 3 heterocycles. The lowest BCUT2D eigenvalue weighted by molar-refractivity contribution is 0.0934. The van der Waals surface area contributed by atoms with Crippen LogP contribution >= 0.6 is 0 Å². The Kier molecular flexibility index (Phi) is 4.62. The highest BCUT2D eigenvalue weighted by Crippen LogP contribution is 2.23. The first kappa shape index (κ1) is 18.8. The van der Waals surface area contributed by atoms with Gasteiger partial charge in [-0.15, -0.1) is 0 Å². The Morgan fingerprint density at radius 2 is 1.97 bits per heavy atom. The lowest BCUT2D eigenvalue weighted by Gasteiger charge is -2.11. The minimum atomic E-state index is -0.450. The number of aromatic nitrogens is 5. The predicted octanol–water partition coefficient (Wildman–Crippen LogP) is 3.43. The molecule has 0 radical (unpaired) electrons. The number of carbonyl (C=O) groups excluding carboxylic acids is 1. The van der Waals surface area contributed by atoms with Gasteiger partial charge in [-0.1, -0.05) is 28.9 Å². The Labute approximate surface area is 168 Å². The molecule has 0 aliphatic carbocycles. The van der Waals surface area contributed by atoms with Crippen LogP contribution in [0, 0.1) is 20.8 Å². The maximum Gasteiger partial charge on any atom is 0.252 e. The smallest absolute Gasteiger partial charge is 0.252 e. The van der Waals surface area contributed by atoms with E-state index in [1.165, 1.54) is 0 Å². The standard InChI is InChI=1S/C21H22N6O2/c1-11-7-6-8-15(9-11)18-24-21(29-26-18)14(4)23-20(28)16-10-12(2)22-19-17(16)13(3)25-27(19)5/h6-10,14H,1-5H3,(H,23,28)/t14-/m1/s1. The number of amides is 1. The second-order valence-corrected chi connectivity index (χ2v) is 7.24. The van der Waals surface area contributed by atoms with Gasteiger partial charge in [0.25, 0.3) is 5.91 Å². The highest BCUT2D eigenvalue weighted by Gasteiger charge is 2.22. The molecule has 1 amide bonds. The van der Waals surface area contributed by atoms with Gasteiger partial charge >= 0.3 is 0 Å². The number of rotatable bonds is 4. The van der Waals surface area contributed by atoms with Gasteiger partial charge in [0.1, 0.15) is 6.04 Å². The molecule has 0 bridgehead atoms. The first-order valence-corrected chi connectivity index (χ1v) is 9.36. The van der Waals surface area contributed by atoms with Crippen molar-refractivity contribution in [2.75, 3.05) is 0 Å². The van der Waals surface area contributed by atoms with Crippen LogP contribution in [0.4, 0.5) is 0 Å². The number of nitrogens with one attached hydrogen (secondary N) is 1. The molecule has 0 unspecified atom stereocenters. The van der Waals surface area contributed by atoms with Crippen LogP contribution in [-0.4, -0.2) is 30.8 Å². The summed E-state index contributed by atoms with van der Waals surface area (Å²) in [7, 11) is 1.82. The molecule has 29 heavy (non-hydrogen) atoms. The average molecular weight is 390 g/mol. The fraction of sp³-hybridized carbons (Fsp3) is 0.286. The zero-order chi connectivity index (χ0) is 20.7. The molecule has 8 nitrogen and oxygen atoms in total. The molecule has 4 rings (SSSR count). The first-order valence-electron chi connectivity index (χ1n) is 9.36. The van der Waals surface area contributed by atoms with Gasteiger partial charge < -0.3 is 9.84 Å². The second-order valence-electron chi connectivity index (χ2n) is 7.24. The summed E-state index contributed by atoms with van der Waals surface area (Å²) in [6.07, 6.45) is 0. The van der Waals surface area contributed by atoms with Crippen LogP contribution in [-0.2, 0) is 7.05 Å². The topological polar surface area (TPSA) is 98.7 Å². The molecule has 0 saturated carbocycles. The molecular weight excluding hydrogens is 368 g/mol. The molecule has 4 aromatic rings. The zero-order valence-corrected chi connectivity index (χ0v) is 17.0. The summed E-state index contributed by atoms with van der Waals surface area (Å²) in [6, 6.07) is 9.18. The maximum atomic E-state index is 13.0. The van der Waals surface area contributed by atoms with E-state index in [-0.39, 0.29) is 5.91 Å². The summed E-state index contributed by atoms with van der Waals surface area (Å²) >= 11 is 0. The van der Waals surface area contributed by atoms with Crippen molar-refractivity contribution in [1.29, 1.82) is 0 Å². The first-order chi connectivity index (χ1) is 13.8. The predicted molar refractivity (Wildman–Crippen MR) is 108 cm³/mol. The average Bonchev–Trinajstić information content (AvgIpc) is 3.27. The second kappa shape index (κ2) is 7.12. The lowest BCUT2D eigenvalue weighted by Crippen LogP contribution is -2.27. The van der Waals surface area contributed by atoms with E-state index in [4.69, 9.17) is 4.52 Å². The minimum absolute atomic E-state index is 0.237. The van der Waals surface area contributed by atoms with Crippen LogP contribution in [0.3, 0.4) is 0 Å². The van der Waals surface area contributed by atoms with Gasteiger partial charge in [-0.2, -0.15) is 10.1 Å². The molecule has 0 aliphatic heterocycles. The Morgan fingerprint density at radius 3 is 2.72 bits per heavy atom. The molecule has 0 aliphatic rings. The SMILES string of the molecule is Cc1cccc(-c2noc([C@@H](C)NC(=O)c3cc(C)nc4c3c(C)nn4C)n2)c1. The van der Waals surface area contributed by atoms with E-state index in [0.29, 0.717) is 22.9 Å². The monoisotopic (exact) mass is 390 g/mol. The number of hydrogen-bond donors (Lipinski definition) is 1. The van der Waals surface area contributed by atoms with Crippen LogP contribution in [0.15, 0.2) is 34.9 Å². The number of aryl methyl sites for hydroxylation is 4. The number of pyridine rings is 1. The van der Waals surface area contributed by atoms with Gasteiger partial charge in [0, 0.05) is 18.3 Å². The van der Waals surface area contributed by atoms with Gasteiger partial charge in [0.05, 0.1) is 16.6 Å². The fourth-order valence-electron chi connectivity index (χ4n) is 3.40. The normalized spacial score (nSPS) is 12.3. The van der Waals surface area contributed by atoms with Crippen molar-refractivity contribution in [2.24, 2.45) is 7.05 Å². The summed E-state index contributed by atoms with van der Waals surface area (Å²) in [6.45, 7) is 7.54. The number of carbonyl (C=O) groups is 1.